The van der Waals surface area contributed by atoms with E-state index in [2.05, 4.69) is 26.3 Å². The average molecular weight is 370 g/mol. The van der Waals surface area contributed by atoms with Gasteiger partial charge in [-0.05, 0) is 31.2 Å². The molecule has 0 unspecified atom stereocenters. The van der Waals surface area contributed by atoms with Crippen LogP contribution in [0, 0.1) is 18.3 Å². The molecule has 0 amide bonds. The van der Waals surface area contributed by atoms with Gasteiger partial charge in [-0.2, -0.15) is 10.2 Å². The minimum absolute atomic E-state index is 0.139. The van der Waals surface area contributed by atoms with Crippen molar-refractivity contribution in [1.29, 1.82) is 5.26 Å². The summed E-state index contributed by atoms with van der Waals surface area (Å²) in [4.78, 5) is 17.4. The molecule has 0 saturated heterocycles. The molecule has 4 rings (SSSR count). The highest BCUT2D eigenvalue weighted by atomic mass is 15.1. The number of aromatic nitrogens is 5. The van der Waals surface area contributed by atoms with Crippen molar-refractivity contribution >= 4 is 22.9 Å². The Kier molecular flexibility index (Phi) is 4.56. The van der Waals surface area contributed by atoms with Crippen LogP contribution < -0.4 is 11.1 Å². The second-order valence-corrected chi connectivity index (χ2v) is 6.22. The summed E-state index contributed by atoms with van der Waals surface area (Å²) in [6.45, 7) is 2.27. The van der Waals surface area contributed by atoms with Crippen LogP contribution >= 0.6 is 0 Å². The van der Waals surface area contributed by atoms with Crippen LogP contribution in [0.4, 0.5) is 11.8 Å². The predicted molar refractivity (Wildman–Crippen MR) is 107 cm³/mol. The highest BCUT2D eigenvalue weighted by Gasteiger charge is 2.14. The lowest BCUT2D eigenvalue weighted by atomic mass is 10.2. The van der Waals surface area contributed by atoms with E-state index in [1.165, 1.54) is 0 Å². The lowest BCUT2D eigenvalue weighted by Crippen LogP contribution is -2.13. The zero-order chi connectivity index (χ0) is 19.5. The molecule has 138 valence electrons. The van der Waals surface area contributed by atoms with Gasteiger partial charge >= 0.3 is 0 Å². The zero-order valence-electron chi connectivity index (χ0n) is 15.3. The van der Waals surface area contributed by atoms with Crippen LogP contribution in [0.1, 0.15) is 17.1 Å². The summed E-state index contributed by atoms with van der Waals surface area (Å²) in [5, 5.41) is 12.5. The first-order chi connectivity index (χ1) is 13.7. The van der Waals surface area contributed by atoms with Crippen LogP contribution in [0.3, 0.4) is 0 Å². The van der Waals surface area contributed by atoms with Crippen LogP contribution in [0.15, 0.2) is 48.7 Å². The maximum absolute atomic E-state index is 9.36. The van der Waals surface area contributed by atoms with Gasteiger partial charge in [-0.15, -0.1) is 0 Å². The van der Waals surface area contributed by atoms with Gasteiger partial charge in [0.25, 0.3) is 0 Å². The summed E-state index contributed by atoms with van der Waals surface area (Å²) in [7, 11) is 0. The van der Waals surface area contributed by atoms with Gasteiger partial charge in [0.15, 0.2) is 5.65 Å². The van der Waals surface area contributed by atoms with Crippen LogP contribution in [0.25, 0.3) is 16.9 Å². The van der Waals surface area contributed by atoms with Gasteiger partial charge < -0.3 is 11.1 Å². The Balaban J connectivity index is 1.64. The minimum atomic E-state index is 0.139. The van der Waals surface area contributed by atoms with E-state index in [0.717, 1.165) is 22.7 Å². The maximum Gasteiger partial charge on any atom is 0.222 e. The highest BCUT2D eigenvalue weighted by molar-refractivity contribution is 5.73. The topological polar surface area (TPSA) is 118 Å². The van der Waals surface area contributed by atoms with Crippen LogP contribution in [-0.4, -0.2) is 31.0 Å². The van der Waals surface area contributed by atoms with E-state index in [-0.39, 0.29) is 5.95 Å². The van der Waals surface area contributed by atoms with Gasteiger partial charge in [-0.3, -0.25) is 4.57 Å². The average Bonchev–Trinajstić information content (AvgIpc) is 3.06. The summed E-state index contributed by atoms with van der Waals surface area (Å²) in [5.74, 6) is 1.44. The monoisotopic (exact) mass is 370 g/mol. The number of anilines is 2. The van der Waals surface area contributed by atoms with Crippen molar-refractivity contribution in [2.45, 2.75) is 13.3 Å². The van der Waals surface area contributed by atoms with Crippen molar-refractivity contribution in [3.8, 4) is 11.8 Å². The summed E-state index contributed by atoms with van der Waals surface area (Å²) in [6, 6.07) is 15.9. The fourth-order valence-corrected chi connectivity index (χ4v) is 3.12. The number of benzene rings is 1. The highest BCUT2D eigenvalue weighted by Crippen LogP contribution is 2.21. The molecule has 0 saturated carbocycles. The fraction of sp³-hybridized carbons (Fsp3) is 0.150. The molecule has 3 heterocycles. The van der Waals surface area contributed by atoms with E-state index in [4.69, 9.17) is 10.7 Å². The molecule has 28 heavy (non-hydrogen) atoms. The fourth-order valence-electron chi connectivity index (χ4n) is 3.12. The van der Waals surface area contributed by atoms with E-state index in [0.29, 0.717) is 30.0 Å². The lowest BCUT2D eigenvalue weighted by molar-refractivity contribution is 0.862. The van der Waals surface area contributed by atoms with Gasteiger partial charge in [0.1, 0.15) is 28.8 Å². The Labute approximate surface area is 161 Å². The van der Waals surface area contributed by atoms with Gasteiger partial charge in [0.05, 0.1) is 5.69 Å². The smallest absolute Gasteiger partial charge is 0.222 e. The molecule has 4 aromatic rings. The zero-order valence-corrected chi connectivity index (χ0v) is 15.3. The summed E-state index contributed by atoms with van der Waals surface area (Å²) >= 11 is 0. The van der Waals surface area contributed by atoms with Crippen molar-refractivity contribution in [2.75, 3.05) is 17.6 Å². The van der Waals surface area contributed by atoms with Crippen LogP contribution in [0.5, 0.6) is 0 Å². The number of hydrogen-bond acceptors (Lipinski definition) is 7. The maximum atomic E-state index is 9.36. The molecule has 0 aliphatic rings. The largest absolute Gasteiger partial charge is 0.368 e. The number of aryl methyl sites for hydroxylation is 1. The molecule has 0 radical (unpaired) electrons. The number of fused-ring (bicyclic) bond motifs is 1. The Bertz CT molecular complexity index is 1170. The number of rotatable bonds is 5. The van der Waals surface area contributed by atoms with Crippen LogP contribution in [-0.2, 0) is 6.42 Å². The first kappa shape index (κ1) is 17.4. The van der Waals surface area contributed by atoms with E-state index in [9.17, 15) is 5.26 Å². The molecule has 1 aromatic carbocycles. The third-order valence-electron chi connectivity index (χ3n) is 4.36. The van der Waals surface area contributed by atoms with E-state index in [1.807, 2.05) is 47.0 Å². The van der Waals surface area contributed by atoms with Crippen LogP contribution in [0.2, 0.25) is 0 Å². The number of nitriles is 1. The molecule has 3 aromatic heterocycles. The van der Waals surface area contributed by atoms with Crippen molar-refractivity contribution < 1.29 is 0 Å². The lowest BCUT2D eigenvalue weighted by Gasteiger charge is -2.11. The Morgan fingerprint density at radius 1 is 1.11 bits per heavy atom. The van der Waals surface area contributed by atoms with Crippen molar-refractivity contribution in [3.05, 3.63) is 65.7 Å². The summed E-state index contributed by atoms with van der Waals surface area (Å²) in [5.41, 5.74) is 9.31. The van der Waals surface area contributed by atoms with E-state index < -0.39 is 0 Å². The molecule has 8 nitrogen and oxygen atoms in total. The molecule has 0 fully saturated rings. The summed E-state index contributed by atoms with van der Waals surface area (Å²) < 4.78 is 2.04. The molecule has 0 bridgehead atoms. The normalized spacial score (nSPS) is 10.7. The Morgan fingerprint density at radius 3 is 2.71 bits per heavy atom. The number of para-hydroxylation sites is 1. The van der Waals surface area contributed by atoms with E-state index in [1.54, 1.807) is 13.1 Å². The number of nitrogens with zero attached hydrogens (tertiary/aromatic N) is 6. The molecule has 0 aliphatic carbocycles. The molecular formula is C20H18N8. The molecule has 0 spiro atoms. The van der Waals surface area contributed by atoms with Gasteiger partial charge in [0, 0.05) is 24.8 Å². The number of hydrogen-bond donors (Lipinski definition) is 2. The van der Waals surface area contributed by atoms with Gasteiger partial charge in [-0.25, -0.2) is 15.0 Å². The molecule has 0 aliphatic heterocycles. The standard InChI is InChI=1S/C20H18N8/c1-13-15(12-21)18(27-20(22)25-13)23-11-9-17-26-16-8-5-10-24-19(16)28(17)14-6-3-2-4-7-14/h2-8,10H,9,11H2,1H3,(H3,22,23,25,27). The quantitative estimate of drug-likeness (QED) is 0.554. The second-order valence-electron chi connectivity index (χ2n) is 6.22. The third-order valence-corrected chi connectivity index (χ3v) is 4.36. The molecule has 0 atom stereocenters. The van der Waals surface area contributed by atoms with Crippen molar-refractivity contribution in [3.63, 3.8) is 0 Å². The number of pyridine rings is 1. The molecular weight excluding hydrogens is 352 g/mol. The molecule has 3 N–H and O–H groups in total. The minimum Gasteiger partial charge on any atom is -0.368 e. The first-order valence-electron chi connectivity index (χ1n) is 8.83. The van der Waals surface area contributed by atoms with E-state index >= 15 is 0 Å². The second kappa shape index (κ2) is 7.32. The first-order valence-corrected chi connectivity index (χ1v) is 8.83. The SMILES string of the molecule is Cc1nc(N)nc(NCCc2nc3cccnc3n2-c2ccccc2)c1C#N. The number of nitrogens with two attached hydrogens (primary N) is 1. The summed E-state index contributed by atoms with van der Waals surface area (Å²) in [6.07, 6.45) is 2.37. The van der Waals surface area contributed by atoms with Crippen molar-refractivity contribution in [1.82, 2.24) is 24.5 Å². The van der Waals surface area contributed by atoms with Gasteiger partial charge in [-0.1, -0.05) is 18.2 Å². The number of nitrogens with one attached hydrogen (secondary N) is 1. The van der Waals surface area contributed by atoms with Crippen molar-refractivity contribution in [2.24, 2.45) is 0 Å². The molecule has 8 heteroatoms. The predicted octanol–water partition coefficient (Wildman–Crippen LogP) is 2.63. The Hall–Kier alpha value is -3.99. The third kappa shape index (κ3) is 3.21. The Morgan fingerprint density at radius 2 is 1.93 bits per heavy atom. The van der Waals surface area contributed by atoms with Gasteiger partial charge in [0.2, 0.25) is 5.95 Å². The number of nitrogen functional groups attached to an aromatic ring is 1. The number of imidazole rings is 1.